The number of fused-ring (bicyclic) bond motifs is 2. The zero-order valence-corrected chi connectivity index (χ0v) is 21.7. The van der Waals surface area contributed by atoms with Gasteiger partial charge < -0.3 is 19.4 Å². The fraction of sp³-hybridized carbons (Fsp3) is 0.0588. The number of benzene rings is 5. The van der Waals surface area contributed by atoms with Crippen molar-refractivity contribution in [1.82, 2.24) is 19.9 Å². The average Bonchev–Trinajstić information content (AvgIpc) is 3.65. The average molecular weight is 523 g/mol. The summed E-state index contributed by atoms with van der Waals surface area (Å²) >= 11 is 0. The zero-order valence-electron chi connectivity index (χ0n) is 21.7. The van der Waals surface area contributed by atoms with Crippen molar-refractivity contribution in [3.63, 3.8) is 0 Å². The molecular weight excluding hydrogens is 496 g/mol. The summed E-state index contributed by atoms with van der Waals surface area (Å²) in [6.45, 7) is 0.915. The first-order valence-corrected chi connectivity index (χ1v) is 13.2. The van der Waals surface area contributed by atoms with Gasteiger partial charge in [-0.1, -0.05) is 66.7 Å². The SMILES string of the molecule is c1cc(COc2cccc(-c3nc4ccccc4[nH]3)c2)cc(COc2cccc(-c3nc4ccccc4[nH]3)c2)c1. The van der Waals surface area contributed by atoms with Crippen LogP contribution in [-0.2, 0) is 13.2 Å². The number of imidazole rings is 2. The Morgan fingerprint density at radius 3 is 1.45 bits per heavy atom. The van der Waals surface area contributed by atoms with Crippen molar-refractivity contribution in [3.8, 4) is 34.3 Å². The van der Waals surface area contributed by atoms with Gasteiger partial charge in [-0.2, -0.15) is 0 Å². The fourth-order valence-corrected chi connectivity index (χ4v) is 4.79. The van der Waals surface area contributed by atoms with Crippen LogP contribution in [0, 0.1) is 0 Å². The Morgan fingerprint density at radius 1 is 0.475 bits per heavy atom. The summed E-state index contributed by atoms with van der Waals surface area (Å²) in [7, 11) is 0. The van der Waals surface area contributed by atoms with Gasteiger partial charge in [-0.15, -0.1) is 0 Å². The Kier molecular flexibility index (Phi) is 6.18. The molecule has 0 fully saturated rings. The summed E-state index contributed by atoms with van der Waals surface area (Å²) in [4.78, 5) is 16.2. The first-order chi connectivity index (χ1) is 19.8. The molecule has 7 rings (SSSR count). The molecule has 0 spiro atoms. The first kappa shape index (κ1) is 23.7. The topological polar surface area (TPSA) is 75.8 Å². The van der Waals surface area contributed by atoms with Gasteiger partial charge in [0.2, 0.25) is 0 Å². The van der Waals surface area contributed by atoms with Crippen molar-refractivity contribution < 1.29 is 9.47 Å². The second kappa shape index (κ2) is 10.4. The maximum atomic E-state index is 6.14. The summed E-state index contributed by atoms with van der Waals surface area (Å²) in [5.41, 5.74) is 8.06. The van der Waals surface area contributed by atoms with Crippen LogP contribution in [0.15, 0.2) is 121 Å². The molecule has 7 aromatic rings. The number of rotatable bonds is 8. The first-order valence-electron chi connectivity index (χ1n) is 13.2. The minimum absolute atomic E-state index is 0.457. The lowest BCUT2D eigenvalue weighted by Crippen LogP contribution is -1.99. The third-order valence-corrected chi connectivity index (χ3v) is 6.80. The Balaban J connectivity index is 1.00. The number of nitrogens with one attached hydrogen (secondary N) is 2. The van der Waals surface area contributed by atoms with Crippen LogP contribution in [0.25, 0.3) is 44.8 Å². The van der Waals surface area contributed by atoms with Gasteiger partial charge in [-0.05, 0) is 65.7 Å². The van der Waals surface area contributed by atoms with Gasteiger partial charge >= 0.3 is 0 Å². The van der Waals surface area contributed by atoms with Crippen molar-refractivity contribution in [3.05, 3.63) is 132 Å². The van der Waals surface area contributed by atoms with E-state index in [4.69, 9.17) is 19.4 Å². The second-order valence-corrected chi connectivity index (χ2v) is 9.66. The molecule has 0 saturated carbocycles. The van der Waals surface area contributed by atoms with Gasteiger partial charge in [0.15, 0.2) is 0 Å². The molecule has 0 saturated heterocycles. The molecule has 0 aliphatic carbocycles. The molecule has 5 aromatic carbocycles. The zero-order chi connectivity index (χ0) is 26.7. The summed E-state index contributed by atoms with van der Waals surface area (Å²) in [6, 6.07) is 40.3. The number of hydrogen-bond donors (Lipinski definition) is 2. The lowest BCUT2D eigenvalue weighted by atomic mass is 10.1. The number of aromatic amines is 2. The summed E-state index contributed by atoms with van der Waals surface area (Å²) in [6.07, 6.45) is 0. The predicted molar refractivity (Wildman–Crippen MR) is 158 cm³/mol. The molecule has 0 radical (unpaired) electrons. The minimum atomic E-state index is 0.457. The van der Waals surface area contributed by atoms with Crippen molar-refractivity contribution in [1.29, 1.82) is 0 Å². The highest BCUT2D eigenvalue weighted by Crippen LogP contribution is 2.26. The van der Waals surface area contributed by atoms with Crippen LogP contribution in [0.5, 0.6) is 11.5 Å². The smallest absolute Gasteiger partial charge is 0.138 e. The van der Waals surface area contributed by atoms with Crippen LogP contribution in [0.3, 0.4) is 0 Å². The van der Waals surface area contributed by atoms with Gasteiger partial charge in [-0.3, -0.25) is 0 Å². The predicted octanol–water partition coefficient (Wildman–Crippen LogP) is 7.93. The molecule has 2 N–H and O–H groups in total. The van der Waals surface area contributed by atoms with E-state index < -0.39 is 0 Å². The molecule has 0 amide bonds. The summed E-state index contributed by atoms with van der Waals surface area (Å²) in [5.74, 6) is 3.24. The summed E-state index contributed by atoms with van der Waals surface area (Å²) < 4.78 is 12.3. The Labute approximate surface area is 231 Å². The lowest BCUT2D eigenvalue weighted by molar-refractivity contribution is 0.300. The minimum Gasteiger partial charge on any atom is -0.489 e. The lowest BCUT2D eigenvalue weighted by Gasteiger charge is -2.10. The van der Waals surface area contributed by atoms with Crippen molar-refractivity contribution >= 4 is 22.1 Å². The van der Waals surface area contributed by atoms with E-state index >= 15 is 0 Å². The number of aromatic nitrogens is 4. The molecule has 194 valence electrons. The van der Waals surface area contributed by atoms with Gasteiger partial charge in [0, 0.05) is 11.1 Å². The standard InChI is InChI=1S/C34H26N4O2/c1-2-15-30-29(14-1)35-33(36-30)25-10-6-12-27(19-25)39-21-23-8-5-9-24(18-23)22-40-28-13-7-11-26(20-28)34-37-31-16-3-4-17-32(31)38-34/h1-20H,21-22H2,(H,35,36)(H,37,38). The van der Waals surface area contributed by atoms with Crippen LogP contribution in [0.2, 0.25) is 0 Å². The van der Waals surface area contributed by atoms with Gasteiger partial charge in [0.05, 0.1) is 22.1 Å². The summed E-state index contributed by atoms with van der Waals surface area (Å²) in [5, 5.41) is 0. The highest BCUT2D eigenvalue weighted by atomic mass is 16.5. The molecule has 0 unspecified atom stereocenters. The van der Waals surface area contributed by atoms with Crippen molar-refractivity contribution in [2.45, 2.75) is 13.2 Å². The maximum absolute atomic E-state index is 6.14. The Morgan fingerprint density at radius 2 is 0.950 bits per heavy atom. The fourth-order valence-electron chi connectivity index (χ4n) is 4.79. The third kappa shape index (κ3) is 5.02. The largest absolute Gasteiger partial charge is 0.489 e. The number of ether oxygens (including phenoxy) is 2. The molecule has 0 aliphatic rings. The molecule has 6 nitrogen and oxygen atoms in total. The molecule has 2 aromatic heterocycles. The van der Waals surface area contributed by atoms with Gasteiger partial charge in [0.25, 0.3) is 0 Å². The number of hydrogen-bond acceptors (Lipinski definition) is 4. The highest BCUT2D eigenvalue weighted by molar-refractivity contribution is 5.80. The van der Waals surface area contributed by atoms with E-state index in [0.29, 0.717) is 13.2 Å². The van der Waals surface area contributed by atoms with Crippen LogP contribution in [0.1, 0.15) is 11.1 Å². The molecule has 0 bridgehead atoms. The van der Waals surface area contributed by atoms with Crippen LogP contribution >= 0.6 is 0 Å². The molecule has 40 heavy (non-hydrogen) atoms. The molecule has 0 aliphatic heterocycles. The van der Waals surface area contributed by atoms with Crippen molar-refractivity contribution in [2.24, 2.45) is 0 Å². The van der Waals surface area contributed by atoms with E-state index in [-0.39, 0.29) is 0 Å². The molecular formula is C34H26N4O2. The molecule has 2 heterocycles. The van der Waals surface area contributed by atoms with E-state index in [0.717, 1.165) is 67.5 Å². The van der Waals surface area contributed by atoms with E-state index in [1.54, 1.807) is 0 Å². The van der Waals surface area contributed by atoms with E-state index in [1.165, 1.54) is 0 Å². The quantitative estimate of drug-likeness (QED) is 0.212. The number of para-hydroxylation sites is 4. The number of nitrogens with zero attached hydrogens (tertiary/aromatic N) is 2. The highest BCUT2D eigenvalue weighted by Gasteiger charge is 2.08. The van der Waals surface area contributed by atoms with Crippen LogP contribution < -0.4 is 9.47 Å². The van der Waals surface area contributed by atoms with E-state index in [2.05, 4.69) is 28.2 Å². The van der Waals surface area contributed by atoms with E-state index in [9.17, 15) is 0 Å². The molecule has 0 atom stereocenters. The Bertz CT molecular complexity index is 1740. The van der Waals surface area contributed by atoms with Crippen LogP contribution in [0.4, 0.5) is 0 Å². The maximum Gasteiger partial charge on any atom is 0.138 e. The molecule has 6 heteroatoms. The Hall–Kier alpha value is -5.36. The second-order valence-electron chi connectivity index (χ2n) is 9.66. The normalized spacial score (nSPS) is 11.2. The van der Waals surface area contributed by atoms with Gasteiger partial charge in [-0.25, -0.2) is 9.97 Å². The number of H-pyrrole nitrogens is 2. The monoisotopic (exact) mass is 522 g/mol. The van der Waals surface area contributed by atoms with Crippen molar-refractivity contribution in [2.75, 3.05) is 0 Å². The van der Waals surface area contributed by atoms with Gasteiger partial charge in [0.1, 0.15) is 36.4 Å². The van der Waals surface area contributed by atoms with Crippen LogP contribution in [-0.4, -0.2) is 19.9 Å². The third-order valence-electron chi connectivity index (χ3n) is 6.80. The van der Waals surface area contributed by atoms with E-state index in [1.807, 2.05) is 103 Å².